The minimum absolute atomic E-state index is 0.287. The average Bonchev–Trinajstić information content (AvgIpc) is 2.64. The summed E-state index contributed by atoms with van der Waals surface area (Å²) in [6, 6.07) is 9.49. The number of hydrogen-bond donors (Lipinski definition) is 0. The van der Waals surface area contributed by atoms with Crippen LogP contribution in [0.2, 0.25) is 0 Å². The van der Waals surface area contributed by atoms with Gasteiger partial charge in [0.1, 0.15) is 17.6 Å². The molecule has 2 heterocycles. The molecule has 27 heavy (non-hydrogen) atoms. The van der Waals surface area contributed by atoms with E-state index in [9.17, 15) is 9.59 Å². The van der Waals surface area contributed by atoms with Gasteiger partial charge >= 0.3 is 11.9 Å². The molecule has 0 radical (unpaired) electrons. The van der Waals surface area contributed by atoms with Gasteiger partial charge in [-0.05, 0) is 5.75 Å². The van der Waals surface area contributed by atoms with Crippen molar-refractivity contribution in [2.45, 2.75) is 56.9 Å². The van der Waals surface area contributed by atoms with Crippen molar-refractivity contribution in [3.8, 4) is 0 Å². The van der Waals surface area contributed by atoms with E-state index in [4.69, 9.17) is 23.7 Å². The minimum atomic E-state index is -0.774. The van der Waals surface area contributed by atoms with Crippen LogP contribution in [0.5, 0.6) is 0 Å². The highest BCUT2D eigenvalue weighted by molar-refractivity contribution is 7.99. The average molecular weight is 396 g/mol. The van der Waals surface area contributed by atoms with Crippen LogP contribution < -0.4 is 0 Å². The van der Waals surface area contributed by atoms with Crippen molar-refractivity contribution >= 4 is 23.7 Å². The molecule has 7 nitrogen and oxygen atoms in total. The van der Waals surface area contributed by atoms with Crippen LogP contribution in [0.4, 0.5) is 0 Å². The molecule has 2 aliphatic heterocycles. The molecule has 0 spiro atoms. The molecule has 1 aromatic carbocycles. The van der Waals surface area contributed by atoms with Gasteiger partial charge in [0.15, 0.2) is 18.5 Å². The topological polar surface area (TPSA) is 80.3 Å². The van der Waals surface area contributed by atoms with Crippen LogP contribution >= 0.6 is 11.8 Å². The first-order valence-corrected chi connectivity index (χ1v) is 9.98. The number of thioether (sulfide) groups is 1. The molecule has 0 amide bonds. The summed E-state index contributed by atoms with van der Waals surface area (Å²) in [5.74, 6) is -0.182. The maximum atomic E-state index is 11.7. The van der Waals surface area contributed by atoms with Gasteiger partial charge in [-0.2, -0.15) is 0 Å². The van der Waals surface area contributed by atoms with Crippen molar-refractivity contribution in [1.29, 1.82) is 0 Å². The third kappa shape index (κ3) is 4.82. The van der Waals surface area contributed by atoms with Gasteiger partial charge in [0.2, 0.25) is 0 Å². The third-order valence-corrected chi connectivity index (χ3v) is 5.33. The summed E-state index contributed by atoms with van der Waals surface area (Å²) in [5, 5.41) is 0. The largest absolute Gasteiger partial charge is 0.456 e. The van der Waals surface area contributed by atoms with Crippen LogP contribution in [0.1, 0.15) is 32.6 Å². The molecular weight excluding hydrogens is 372 g/mol. The fraction of sp³-hybridized carbons (Fsp3) is 0.579. The van der Waals surface area contributed by atoms with E-state index in [1.54, 1.807) is 0 Å². The first-order valence-electron chi connectivity index (χ1n) is 8.93. The zero-order valence-corrected chi connectivity index (χ0v) is 16.3. The third-order valence-electron chi connectivity index (χ3n) is 4.29. The van der Waals surface area contributed by atoms with Crippen molar-refractivity contribution < 1.29 is 33.3 Å². The smallest absolute Gasteiger partial charge is 0.303 e. The lowest BCUT2D eigenvalue weighted by molar-refractivity contribution is -0.320. The van der Waals surface area contributed by atoms with Gasteiger partial charge in [-0.15, -0.1) is 11.8 Å². The Balaban J connectivity index is 1.86. The monoisotopic (exact) mass is 396 g/mol. The Labute approximate surface area is 162 Å². The maximum Gasteiger partial charge on any atom is 0.303 e. The van der Waals surface area contributed by atoms with Crippen molar-refractivity contribution in [3.63, 3.8) is 0 Å². The SMILES string of the molecule is CCS[C@@H]1O[C@@H]2COC(c3ccccc3)O[C@@H]2[C@H](OC(C)=O)[C@H]1OC(C)=O. The molecule has 8 heteroatoms. The number of benzene rings is 1. The number of carbonyl (C=O) groups excluding carboxylic acids is 2. The predicted molar refractivity (Wildman–Crippen MR) is 97.9 cm³/mol. The summed E-state index contributed by atoms with van der Waals surface area (Å²) < 4.78 is 29.0. The van der Waals surface area contributed by atoms with Crippen LogP contribution in [0.3, 0.4) is 0 Å². The second-order valence-corrected chi connectivity index (χ2v) is 7.70. The Kier molecular flexibility index (Phi) is 6.75. The molecule has 1 aromatic rings. The van der Waals surface area contributed by atoms with Crippen LogP contribution in [-0.2, 0) is 33.3 Å². The molecule has 6 atom stereocenters. The first kappa shape index (κ1) is 20.1. The second-order valence-electron chi connectivity index (χ2n) is 6.32. The molecule has 2 fully saturated rings. The van der Waals surface area contributed by atoms with E-state index in [1.807, 2.05) is 37.3 Å². The standard InChI is InChI=1S/C19H24O7S/c1-4-27-19-17(24-12(3)21)16(23-11(2)20)15-14(25-19)10-22-18(26-15)13-8-6-5-7-9-13/h5-9,14-19H,4,10H2,1-3H3/t14-,15+,16+,17-,18?,19+/m1/s1. The van der Waals surface area contributed by atoms with Gasteiger partial charge in [0.05, 0.1) is 6.61 Å². The Morgan fingerprint density at radius 1 is 1.07 bits per heavy atom. The highest BCUT2D eigenvalue weighted by Gasteiger charge is 2.53. The van der Waals surface area contributed by atoms with Crippen molar-refractivity contribution in [1.82, 2.24) is 0 Å². The molecule has 3 rings (SSSR count). The van der Waals surface area contributed by atoms with Crippen LogP contribution in [-0.4, -0.2) is 54.2 Å². The van der Waals surface area contributed by atoms with E-state index < -0.39 is 48.1 Å². The molecule has 1 unspecified atom stereocenters. The summed E-state index contributed by atoms with van der Waals surface area (Å²) in [5.41, 5.74) is 0.386. The fourth-order valence-electron chi connectivity index (χ4n) is 3.27. The van der Waals surface area contributed by atoms with Crippen molar-refractivity contribution in [2.24, 2.45) is 0 Å². The molecule has 0 saturated carbocycles. The minimum Gasteiger partial charge on any atom is -0.456 e. The molecule has 0 N–H and O–H groups in total. The molecule has 0 aromatic heterocycles. The van der Waals surface area contributed by atoms with E-state index in [2.05, 4.69) is 0 Å². The summed E-state index contributed by atoms with van der Waals surface area (Å²) in [6.07, 6.45) is -3.17. The lowest BCUT2D eigenvalue weighted by atomic mass is 9.98. The first-order chi connectivity index (χ1) is 13.0. The van der Waals surface area contributed by atoms with Crippen LogP contribution in [0, 0.1) is 0 Å². The quantitative estimate of drug-likeness (QED) is 0.702. The van der Waals surface area contributed by atoms with Gasteiger partial charge in [0.25, 0.3) is 0 Å². The van der Waals surface area contributed by atoms with Crippen molar-refractivity contribution in [3.05, 3.63) is 35.9 Å². The number of fused-ring (bicyclic) bond motifs is 1. The normalized spacial score (nSPS) is 33.0. The lowest BCUT2D eigenvalue weighted by Crippen LogP contribution is -2.63. The molecule has 148 valence electrons. The summed E-state index contributed by atoms with van der Waals surface area (Å²) in [6.45, 7) is 4.91. The van der Waals surface area contributed by atoms with Crippen LogP contribution in [0.15, 0.2) is 30.3 Å². The zero-order valence-electron chi connectivity index (χ0n) is 15.5. The van der Waals surface area contributed by atoms with E-state index >= 15 is 0 Å². The molecular formula is C19H24O7S. The summed E-state index contributed by atoms with van der Waals surface area (Å²) in [7, 11) is 0. The molecule has 2 aliphatic rings. The van der Waals surface area contributed by atoms with Gasteiger partial charge in [-0.25, -0.2) is 0 Å². The Morgan fingerprint density at radius 2 is 1.74 bits per heavy atom. The summed E-state index contributed by atoms with van der Waals surface area (Å²) in [4.78, 5) is 23.4. The lowest BCUT2D eigenvalue weighted by Gasteiger charge is -2.48. The Morgan fingerprint density at radius 3 is 2.37 bits per heavy atom. The van der Waals surface area contributed by atoms with Gasteiger partial charge in [0, 0.05) is 19.4 Å². The van der Waals surface area contributed by atoms with Gasteiger partial charge < -0.3 is 23.7 Å². The van der Waals surface area contributed by atoms with Crippen LogP contribution in [0.25, 0.3) is 0 Å². The highest BCUT2D eigenvalue weighted by Crippen LogP contribution is 2.39. The maximum absolute atomic E-state index is 11.7. The number of rotatable bonds is 5. The predicted octanol–water partition coefficient (Wildman–Crippen LogP) is 2.44. The van der Waals surface area contributed by atoms with E-state index in [1.165, 1.54) is 25.6 Å². The highest BCUT2D eigenvalue weighted by atomic mass is 32.2. The van der Waals surface area contributed by atoms with E-state index in [0.29, 0.717) is 0 Å². The number of esters is 2. The second kappa shape index (κ2) is 9.05. The molecule has 0 bridgehead atoms. The Hall–Kier alpha value is -1.61. The number of ether oxygens (including phenoxy) is 5. The Bertz CT molecular complexity index is 653. The zero-order chi connectivity index (χ0) is 19.4. The van der Waals surface area contributed by atoms with E-state index in [-0.39, 0.29) is 6.61 Å². The molecule has 2 saturated heterocycles. The molecule has 0 aliphatic carbocycles. The fourth-order valence-corrected chi connectivity index (χ4v) is 4.22. The van der Waals surface area contributed by atoms with Gasteiger partial charge in [-0.1, -0.05) is 37.3 Å². The van der Waals surface area contributed by atoms with Gasteiger partial charge in [-0.3, -0.25) is 9.59 Å². The van der Waals surface area contributed by atoms with E-state index in [0.717, 1.165) is 11.3 Å². The van der Waals surface area contributed by atoms with Crippen molar-refractivity contribution in [2.75, 3.05) is 12.4 Å². The summed E-state index contributed by atoms with van der Waals surface area (Å²) >= 11 is 1.48. The number of hydrogen-bond acceptors (Lipinski definition) is 8. The number of carbonyl (C=O) groups is 2.